The molecule has 0 aliphatic carbocycles. The van der Waals surface area contributed by atoms with Gasteiger partial charge >= 0.3 is 6.01 Å². The second kappa shape index (κ2) is 12.5. The summed E-state index contributed by atoms with van der Waals surface area (Å²) in [6.07, 6.45) is 5.90. The molecule has 42 heavy (non-hydrogen) atoms. The van der Waals surface area contributed by atoms with E-state index < -0.39 is 5.82 Å². The Kier molecular flexibility index (Phi) is 8.96. The maximum atomic E-state index is 16.0. The van der Waals surface area contributed by atoms with Gasteiger partial charge in [-0.1, -0.05) is 12.5 Å². The number of anilines is 4. The molecular formula is C29H38FN9OS2. The number of piperidine rings is 1. The number of hydrogen-bond acceptors (Lipinski definition) is 12. The summed E-state index contributed by atoms with van der Waals surface area (Å²) in [7, 11) is 3.66. The molecule has 0 saturated carbocycles. The fourth-order valence-electron chi connectivity index (χ4n) is 5.94. The van der Waals surface area contributed by atoms with E-state index in [1.807, 2.05) is 29.7 Å². The van der Waals surface area contributed by atoms with E-state index in [1.165, 1.54) is 50.8 Å². The molecule has 0 bridgehead atoms. The third-order valence-electron chi connectivity index (χ3n) is 8.21. The summed E-state index contributed by atoms with van der Waals surface area (Å²) in [5.74, 6) is 0.989. The number of likely N-dealkylation sites (tertiary alicyclic amines) is 1. The fraction of sp³-hybridized carbons (Fsp3) is 0.517. The van der Waals surface area contributed by atoms with Crippen LogP contribution in [0.1, 0.15) is 60.7 Å². The Morgan fingerprint density at radius 1 is 1.24 bits per heavy atom. The van der Waals surface area contributed by atoms with E-state index in [2.05, 4.69) is 33.0 Å². The third kappa shape index (κ3) is 5.55. The molecule has 10 nitrogen and oxygen atoms in total. The first kappa shape index (κ1) is 30.1. The molecule has 1 atom stereocenters. The minimum Gasteiger partial charge on any atom is -0.467 e. The van der Waals surface area contributed by atoms with Gasteiger partial charge in [0.05, 0.1) is 23.5 Å². The quantitative estimate of drug-likeness (QED) is 0.399. The molecule has 3 aliphatic heterocycles. The topological polar surface area (TPSA) is 133 Å². The smallest absolute Gasteiger partial charge is 0.320 e. The molecular weight excluding hydrogens is 574 g/mol. The predicted molar refractivity (Wildman–Crippen MR) is 169 cm³/mol. The van der Waals surface area contributed by atoms with E-state index in [4.69, 9.17) is 16.2 Å². The van der Waals surface area contributed by atoms with Crippen LogP contribution in [0, 0.1) is 17.1 Å². The highest BCUT2D eigenvalue weighted by molar-refractivity contribution is 8.00. The Labute approximate surface area is 254 Å². The van der Waals surface area contributed by atoms with Crippen molar-refractivity contribution >= 4 is 45.6 Å². The van der Waals surface area contributed by atoms with Gasteiger partial charge in [-0.25, -0.2) is 4.98 Å². The molecule has 0 radical (unpaired) electrons. The van der Waals surface area contributed by atoms with E-state index in [0.29, 0.717) is 36.0 Å². The lowest BCUT2D eigenvalue weighted by Crippen LogP contribution is -2.57. The van der Waals surface area contributed by atoms with E-state index in [-0.39, 0.29) is 28.4 Å². The van der Waals surface area contributed by atoms with Gasteiger partial charge in [-0.2, -0.15) is 19.6 Å². The summed E-state index contributed by atoms with van der Waals surface area (Å²) in [6.45, 7) is 8.02. The summed E-state index contributed by atoms with van der Waals surface area (Å²) >= 11 is 3.24. The van der Waals surface area contributed by atoms with Gasteiger partial charge < -0.3 is 30.9 Å². The molecule has 13 heteroatoms. The molecule has 4 N–H and O–H groups in total. The van der Waals surface area contributed by atoms with Crippen molar-refractivity contribution in [2.75, 3.05) is 68.1 Å². The van der Waals surface area contributed by atoms with Gasteiger partial charge in [0.25, 0.3) is 0 Å². The minimum absolute atomic E-state index is 0.0828. The normalized spacial score (nSPS) is 18.0. The van der Waals surface area contributed by atoms with Crippen LogP contribution >= 0.6 is 23.1 Å². The van der Waals surface area contributed by atoms with Gasteiger partial charge in [0.1, 0.15) is 16.9 Å². The molecule has 224 valence electrons. The van der Waals surface area contributed by atoms with Gasteiger partial charge in [0.15, 0.2) is 11.6 Å². The number of ether oxygens (including phenoxy) is 1. The number of rotatable bonds is 6. The van der Waals surface area contributed by atoms with Crippen LogP contribution in [0.4, 0.5) is 26.8 Å². The number of nitriles is 1. The van der Waals surface area contributed by atoms with Crippen molar-refractivity contribution in [2.45, 2.75) is 49.7 Å². The highest BCUT2D eigenvalue weighted by Gasteiger charge is 2.53. The van der Waals surface area contributed by atoms with Gasteiger partial charge in [-0.05, 0) is 52.9 Å². The zero-order chi connectivity index (χ0) is 30.0. The zero-order valence-electron chi connectivity index (χ0n) is 24.6. The van der Waals surface area contributed by atoms with E-state index in [0.717, 1.165) is 21.8 Å². The number of halogens is 1. The van der Waals surface area contributed by atoms with Crippen molar-refractivity contribution in [1.82, 2.24) is 19.9 Å². The lowest BCUT2D eigenvalue weighted by atomic mass is 9.88. The number of fused-ring (bicyclic) bond motifs is 2. The van der Waals surface area contributed by atoms with Crippen LogP contribution in [0.15, 0.2) is 18.3 Å². The molecule has 0 amide bonds. The minimum atomic E-state index is -0.523. The molecule has 1 unspecified atom stereocenters. The molecule has 1 spiro atoms. The first-order valence-corrected chi connectivity index (χ1v) is 16.0. The lowest BCUT2D eigenvalue weighted by molar-refractivity contribution is 0.277. The summed E-state index contributed by atoms with van der Waals surface area (Å²) in [5.41, 5.74) is 14.5. The van der Waals surface area contributed by atoms with Crippen LogP contribution in [0.2, 0.25) is 0 Å². The number of nitrogens with two attached hydrogens (primary N) is 2. The number of pyridine rings is 1. The SMILES string of the molecule is CCN(c1nc(OC)nc(N2CC3(C2)SCc2sc(N)c(C#N)c23)c1F)C(C)c1cccnc1N.CN1CCCCC1. The van der Waals surface area contributed by atoms with Gasteiger partial charge in [-0.15, -0.1) is 23.1 Å². The standard InChI is InChI=1S/C23H25FN8OS2.C6H13N/c1-4-32(12(2)13-6-5-7-28-18(13)26)21-17(24)20(29-22(30-21)33-3)31-10-23(11-31)16-14(8-25)19(27)35-15(16)9-34-23;1-7-5-3-2-4-6-7/h5-7,12H,4,9-11,27H2,1-3H3,(H2,26,28);2-6H2,1H3. The molecule has 3 aromatic heterocycles. The summed E-state index contributed by atoms with van der Waals surface area (Å²) in [6, 6.07) is 5.74. The van der Waals surface area contributed by atoms with Crippen molar-refractivity contribution in [3.63, 3.8) is 0 Å². The number of nitrogens with zero attached hydrogens (tertiary/aromatic N) is 7. The number of aromatic nitrogens is 3. The third-order valence-corrected chi connectivity index (χ3v) is 10.9. The van der Waals surface area contributed by atoms with Crippen molar-refractivity contribution in [3.05, 3.63) is 45.7 Å². The second-order valence-corrected chi connectivity index (χ2v) is 13.4. The number of hydrogen-bond donors (Lipinski definition) is 2. The van der Waals surface area contributed by atoms with Crippen LogP contribution in [0.25, 0.3) is 0 Å². The van der Waals surface area contributed by atoms with E-state index >= 15 is 4.39 Å². The fourth-order valence-corrected chi connectivity index (χ4v) is 8.75. The van der Waals surface area contributed by atoms with Gasteiger partial charge in [0, 0.05) is 47.6 Å². The number of thiophene rings is 1. The number of thioether (sulfide) groups is 1. The van der Waals surface area contributed by atoms with Crippen LogP contribution in [0.5, 0.6) is 6.01 Å². The van der Waals surface area contributed by atoms with Crippen LogP contribution in [-0.2, 0) is 10.5 Å². The molecule has 6 heterocycles. The Morgan fingerprint density at radius 2 is 1.98 bits per heavy atom. The lowest BCUT2D eigenvalue weighted by Gasteiger charge is -2.48. The summed E-state index contributed by atoms with van der Waals surface area (Å²) in [4.78, 5) is 20.1. The highest BCUT2D eigenvalue weighted by Crippen LogP contribution is 2.58. The molecule has 3 aliphatic rings. The Hall–Kier alpha value is -3.34. The largest absolute Gasteiger partial charge is 0.467 e. The Bertz CT molecular complexity index is 1460. The number of methoxy groups -OCH3 is 1. The molecule has 0 aromatic carbocycles. The van der Waals surface area contributed by atoms with Gasteiger partial charge in [-0.3, -0.25) is 0 Å². The Balaban J connectivity index is 0.000000442. The molecule has 2 fully saturated rings. The summed E-state index contributed by atoms with van der Waals surface area (Å²) < 4.78 is 21.1. The van der Waals surface area contributed by atoms with Crippen molar-refractivity contribution in [3.8, 4) is 12.1 Å². The first-order chi connectivity index (χ1) is 20.2. The second-order valence-electron chi connectivity index (χ2n) is 10.9. The van der Waals surface area contributed by atoms with E-state index in [9.17, 15) is 5.26 Å². The van der Waals surface area contributed by atoms with E-state index in [1.54, 1.807) is 24.0 Å². The summed E-state index contributed by atoms with van der Waals surface area (Å²) in [5, 5.41) is 10.2. The highest BCUT2D eigenvalue weighted by atomic mass is 32.2. The number of nitrogen functional groups attached to an aromatic ring is 2. The van der Waals surface area contributed by atoms with Crippen LogP contribution in [0.3, 0.4) is 0 Å². The maximum Gasteiger partial charge on any atom is 0.320 e. The van der Waals surface area contributed by atoms with Crippen molar-refractivity contribution in [2.24, 2.45) is 0 Å². The monoisotopic (exact) mass is 611 g/mol. The Morgan fingerprint density at radius 3 is 2.57 bits per heavy atom. The van der Waals surface area contributed by atoms with Crippen molar-refractivity contribution < 1.29 is 9.13 Å². The van der Waals surface area contributed by atoms with Crippen LogP contribution in [-0.4, -0.2) is 66.7 Å². The molecule has 3 aromatic rings. The zero-order valence-corrected chi connectivity index (χ0v) is 26.2. The average molecular weight is 612 g/mol. The van der Waals surface area contributed by atoms with Crippen molar-refractivity contribution in [1.29, 1.82) is 5.26 Å². The maximum absolute atomic E-state index is 16.0. The molecule has 2 saturated heterocycles. The first-order valence-electron chi connectivity index (χ1n) is 14.2. The van der Waals surface area contributed by atoms with Crippen LogP contribution < -0.4 is 26.0 Å². The predicted octanol–water partition coefficient (Wildman–Crippen LogP) is 4.77. The van der Waals surface area contributed by atoms with Gasteiger partial charge in [0.2, 0.25) is 5.82 Å². The average Bonchev–Trinajstić information content (AvgIpc) is 3.50. The molecule has 6 rings (SSSR count).